The molecule has 2 N–H and O–H groups in total. The van der Waals surface area contributed by atoms with Crippen molar-refractivity contribution in [2.45, 2.75) is 44.9 Å². The number of likely N-dealkylation sites (tertiary alicyclic amines) is 1. The molecule has 2 atom stereocenters. The molecule has 0 saturated carbocycles. The molecule has 0 radical (unpaired) electrons. The fourth-order valence-corrected chi connectivity index (χ4v) is 3.04. The van der Waals surface area contributed by atoms with Crippen LogP contribution in [0, 0.1) is 6.92 Å². The number of aromatic nitrogens is 2. The zero-order chi connectivity index (χ0) is 15.0. The molecule has 1 aliphatic heterocycles. The molecule has 5 nitrogen and oxygen atoms in total. The topological polar surface area (TPSA) is 61.0 Å². The van der Waals surface area contributed by atoms with Crippen molar-refractivity contribution in [3.05, 3.63) is 35.8 Å². The van der Waals surface area contributed by atoms with Crippen LogP contribution in [-0.4, -0.2) is 49.3 Å². The van der Waals surface area contributed by atoms with Gasteiger partial charge < -0.3 is 14.6 Å². The van der Waals surface area contributed by atoms with E-state index in [0.717, 1.165) is 17.9 Å². The molecule has 0 aromatic carbocycles. The molecular weight excluding hydrogens is 266 g/mol. The van der Waals surface area contributed by atoms with Gasteiger partial charge in [-0.15, -0.1) is 0 Å². The lowest BCUT2D eigenvalue weighted by molar-refractivity contribution is -0.122. The molecule has 0 bridgehead atoms. The third-order valence-electron chi connectivity index (χ3n) is 4.56. The number of rotatable bonds is 3. The van der Waals surface area contributed by atoms with E-state index in [0.29, 0.717) is 25.9 Å². The summed E-state index contributed by atoms with van der Waals surface area (Å²) in [6, 6.07) is 4.07. The summed E-state index contributed by atoms with van der Waals surface area (Å²) in [6.45, 7) is 5.97. The number of β-amino-alcohol motifs (C(OH)–C–C–N with tert-alkyl or cyclic N) is 1. The van der Waals surface area contributed by atoms with Gasteiger partial charge in [-0.1, -0.05) is 13.0 Å². The maximum atomic E-state index is 10.3. The maximum Gasteiger partial charge on any atom is 0.137 e. The minimum atomic E-state index is -0.924. The zero-order valence-electron chi connectivity index (χ0n) is 12.7. The SMILES string of the molecule is CC[C@@]1(O)CCN(Cc2cn3cc(C)ccc3n2)C[C@H]1O. The Labute approximate surface area is 124 Å². The molecule has 0 spiro atoms. The second kappa shape index (κ2) is 5.40. The Hall–Kier alpha value is -1.43. The molecule has 1 aliphatic rings. The van der Waals surface area contributed by atoms with E-state index in [9.17, 15) is 10.2 Å². The molecule has 0 unspecified atom stereocenters. The van der Waals surface area contributed by atoms with E-state index in [1.54, 1.807) is 0 Å². The number of piperidine rings is 1. The van der Waals surface area contributed by atoms with Crippen molar-refractivity contribution < 1.29 is 10.2 Å². The van der Waals surface area contributed by atoms with Crippen molar-refractivity contribution in [1.82, 2.24) is 14.3 Å². The number of aryl methyl sites for hydroxylation is 1. The molecular formula is C16H23N3O2. The number of aliphatic hydroxyl groups excluding tert-OH is 1. The summed E-state index contributed by atoms with van der Waals surface area (Å²) in [5.74, 6) is 0. The van der Waals surface area contributed by atoms with E-state index in [1.807, 2.05) is 23.6 Å². The fraction of sp³-hybridized carbons (Fsp3) is 0.562. The smallest absolute Gasteiger partial charge is 0.137 e. The molecule has 2 aromatic heterocycles. The third kappa shape index (κ3) is 2.81. The molecule has 5 heteroatoms. The molecule has 0 aliphatic carbocycles. The van der Waals surface area contributed by atoms with Gasteiger partial charge in [-0.2, -0.15) is 0 Å². The number of hydrogen-bond donors (Lipinski definition) is 2. The standard InChI is InChI=1S/C16H23N3O2/c1-3-16(21)6-7-18(11-14(16)20)9-13-10-19-8-12(2)4-5-15(19)17-13/h4-5,8,10,14,20-21H,3,6-7,9,11H2,1-2H3/t14-,16-/m1/s1. The van der Waals surface area contributed by atoms with Gasteiger partial charge in [0.2, 0.25) is 0 Å². The Morgan fingerprint density at radius 3 is 2.90 bits per heavy atom. The monoisotopic (exact) mass is 289 g/mol. The van der Waals surface area contributed by atoms with Gasteiger partial charge in [0.05, 0.1) is 17.4 Å². The van der Waals surface area contributed by atoms with Crippen LogP contribution in [0.4, 0.5) is 0 Å². The van der Waals surface area contributed by atoms with Gasteiger partial charge >= 0.3 is 0 Å². The minimum absolute atomic E-state index is 0.497. The summed E-state index contributed by atoms with van der Waals surface area (Å²) in [6.07, 6.45) is 4.62. The highest BCUT2D eigenvalue weighted by Gasteiger charge is 2.38. The summed E-state index contributed by atoms with van der Waals surface area (Å²) in [4.78, 5) is 6.76. The first-order valence-corrected chi connectivity index (χ1v) is 7.57. The maximum absolute atomic E-state index is 10.3. The highest BCUT2D eigenvalue weighted by molar-refractivity contribution is 5.41. The van der Waals surface area contributed by atoms with Crippen molar-refractivity contribution in [3.63, 3.8) is 0 Å². The average Bonchev–Trinajstić information content (AvgIpc) is 2.84. The first-order valence-electron chi connectivity index (χ1n) is 7.57. The van der Waals surface area contributed by atoms with E-state index in [1.165, 1.54) is 5.56 Å². The Kier molecular flexibility index (Phi) is 3.73. The number of aliphatic hydroxyl groups is 2. The van der Waals surface area contributed by atoms with Crippen LogP contribution in [0.1, 0.15) is 31.0 Å². The molecule has 3 rings (SSSR count). The van der Waals surface area contributed by atoms with Gasteiger partial charge in [0.1, 0.15) is 5.65 Å². The highest BCUT2D eigenvalue weighted by Crippen LogP contribution is 2.26. The van der Waals surface area contributed by atoms with Gasteiger partial charge in [-0.3, -0.25) is 4.90 Å². The van der Waals surface area contributed by atoms with Gasteiger partial charge in [-0.05, 0) is 31.4 Å². The molecule has 1 saturated heterocycles. The largest absolute Gasteiger partial charge is 0.389 e. The van der Waals surface area contributed by atoms with Crippen molar-refractivity contribution >= 4 is 5.65 Å². The van der Waals surface area contributed by atoms with Crippen LogP contribution in [0.5, 0.6) is 0 Å². The Bertz CT molecular complexity index is 639. The van der Waals surface area contributed by atoms with Crippen molar-refractivity contribution in [2.24, 2.45) is 0 Å². The zero-order valence-corrected chi connectivity index (χ0v) is 12.7. The average molecular weight is 289 g/mol. The molecule has 1 fully saturated rings. The van der Waals surface area contributed by atoms with Gasteiger partial charge in [-0.25, -0.2) is 4.98 Å². The first-order chi connectivity index (χ1) is 10.00. The second-order valence-electron chi connectivity index (χ2n) is 6.16. The summed E-state index contributed by atoms with van der Waals surface area (Å²) < 4.78 is 2.04. The Morgan fingerprint density at radius 1 is 1.38 bits per heavy atom. The third-order valence-corrected chi connectivity index (χ3v) is 4.56. The molecule has 3 heterocycles. The van der Waals surface area contributed by atoms with Crippen LogP contribution in [0.2, 0.25) is 0 Å². The summed E-state index contributed by atoms with van der Waals surface area (Å²) in [5.41, 5.74) is 2.22. The molecule has 21 heavy (non-hydrogen) atoms. The van der Waals surface area contributed by atoms with Crippen LogP contribution < -0.4 is 0 Å². The number of hydrogen-bond acceptors (Lipinski definition) is 4. The van der Waals surface area contributed by atoms with Crippen LogP contribution in [0.15, 0.2) is 24.5 Å². The van der Waals surface area contributed by atoms with Gasteiger partial charge in [0.15, 0.2) is 0 Å². The van der Waals surface area contributed by atoms with Gasteiger partial charge in [0, 0.05) is 32.0 Å². The van der Waals surface area contributed by atoms with E-state index in [-0.39, 0.29) is 0 Å². The van der Waals surface area contributed by atoms with Crippen LogP contribution in [0.25, 0.3) is 5.65 Å². The summed E-state index contributed by atoms with van der Waals surface area (Å²) in [5, 5.41) is 20.4. The molecule has 2 aromatic rings. The fourth-order valence-electron chi connectivity index (χ4n) is 3.04. The lowest BCUT2D eigenvalue weighted by Crippen LogP contribution is -2.54. The molecule has 114 valence electrons. The normalized spacial score (nSPS) is 27.3. The Balaban J connectivity index is 1.71. The predicted octanol–water partition coefficient (Wildman–Crippen LogP) is 1.35. The number of nitrogens with zero attached hydrogens (tertiary/aromatic N) is 3. The first kappa shape index (κ1) is 14.5. The van der Waals surface area contributed by atoms with E-state index < -0.39 is 11.7 Å². The van der Waals surface area contributed by atoms with Crippen LogP contribution in [-0.2, 0) is 6.54 Å². The van der Waals surface area contributed by atoms with Crippen LogP contribution >= 0.6 is 0 Å². The minimum Gasteiger partial charge on any atom is -0.389 e. The predicted molar refractivity (Wildman–Crippen MR) is 81.1 cm³/mol. The number of imidazole rings is 1. The Morgan fingerprint density at radius 2 is 2.19 bits per heavy atom. The van der Waals surface area contributed by atoms with Crippen LogP contribution in [0.3, 0.4) is 0 Å². The lowest BCUT2D eigenvalue weighted by atomic mass is 9.86. The van der Waals surface area contributed by atoms with Crippen molar-refractivity contribution in [2.75, 3.05) is 13.1 Å². The van der Waals surface area contributed by atoms with Crippen molar-refractivity contribution in [1.29, 1.82) is 0 Å². The quantitative estimate of drug-likeness (QED) is 0.895. The second-order valence-corrected chi connectivity index (χ2v) is 6.16. The summed E-state index contributed by atoms with van der Waals surface area (Å²) in [7, 11) is 0. The summed E-state index contributed by atoms with van der Waals surface area (Å²) >= 11 is 0. The van der Waals surface area contributed by atoms with E-state index >= 15 is 0 Å². The lowest BCUT2D eigenvalue weighted by Gasteiger charge is -2.41. The van der Waals surface area contributed by atoms with Gasteiger partial charge in [0.25, 0.3) is 0 Å². The number of pyridine rings is 1. The molecule has 0 amide bonds. The highest BCUT2D eigenvalue weighted by atomic mass is 16.3. The van der Waals surface area contributed by atoms with E-state index in [2.05, 4.69) is 29.1 Å². The number of fused-ring (bicyclic) bond motifs is 1. The van der Waals surface area contributed by atoms with Crippen molar-refractivity contribution in [3.8, 4) is 0 Å². The van der Waals surface area contributed by atoms with E-state index in [4.69, 9.17) is 0 Å².